The lowest BCUT2D eigenvalue weighted by molar-refractivity contribution is 0.866. The molecule has 5 heteroatoms. The van der Waals surface area contributed by atoms with Crippen molar-refractivity contribution in [1.82, 2.24) is 15.4 Å². The molecule has 0 amide bonds. The molecule has 0 radical (unpaired) electrons. The smallest absolute Gasteiger partial charge is 0.169 e. The minimum Gasteiger partial charge on any atom is -0.259 e. The fourth-order valence-electron chi connectivity index (χ4n) is 1.03. The largest absolute Gasteiger partial charge is 0.259 e. The summed E-state index contributed by atoms with van der Waals surface area (Å²) in [5.74, 6) is 0.700. The van der Waals surface area contributed by atoms with Crippen molar-refractivity contribution in [3.63, 3.8) is 0 Å². The van der Waals surface area contributed by atoms with Crippen molar-refractivity contribution in [2.24, 2.45) is 0 Å². The molecule has 0 atom stereocenters. The molecule has 0 saturated carbocycles. The average Bonchev–Trinajstić information content (AvgIpc) is 2.30. The number of hydrogen-bond acceptors (Lipinski definition) is 4. The normalized spacial score (nSPS) is 9.79. The number of rotatable bonds is 2. The van der Waals surface area contributed by atoms with E-state index in [0.717, 1.165) is 5.69 Å². The summed E-state index contributed by atoms with van der Waals surface area (Å²) >= 11 is 3.40. The molecule has 0 N–H and O–H groups in total. The zero-order chi connectivity index (χ0) is 9.80. The number of anilines is 2. The van der Waals surface area contributed by atoms with Crippen molar-refractivity contribution in [3.8, 4) is 0 Å². The summed E-state index contributed by atoms with van der Waals surface area (Å²) in [5.41, 5.74) is 0.994. The van der Waals surface area contributed by atoms with Gasteiger partial charge in [-0.3, -0.25) is 3.93 Å². The molecule has 0 bridgehead atoms. The summed E-state index contributed by atoms with van der Waals surface area (Å²) in [6.07, 6.45) is 1.60. The molecule has 70 valence electrons. The number of aromatic nitrogens is 3. The van der Waals surface area contributed by atoms with Gasteiger partial charge in [0.15, 0.2) is 5.82 Å². The summed E-state index contributed by atoms with van der Waals surface area (Å²) in [6.45, 7) is 0. The molecule has 0 aliphatic heterocycles. The van der Waals surface area contributed by atoms with Crippen LogP contribution in [0.1, 0.15) is 0 Å². The van der Waals surface area contributed by atoms with Gasteiger partial charge < -0.3 is 0 Å². The van der Waals surface area contributed by atoms with Crippen LogP contribution in [0.3, 0.4) is 0 Å². The lowest BCUT2D eigenvalue weighted by Gasteiger charge is -2.13. The van der Waals surface area contributed by atoms with Crippen LogP contribution in [0.4, 0.5) is 11.5 Å². The molecule has 1 aromatic heterocycles. The quantitative estimate of drug-likeness (QED) is 0.768. The molecule has 0 fully saturated rings. The first-order valence-electron chi connectivity index (χ1n) is 4.03. The number of hydrogen-bond donors (Lipinski definition) is 0. The predicted octanol–water partition coefficient (Wildman–Crippen LogP) is 2.32. The lowest BCUT2D eigenvalue weighted by atomic mass is 10.3. The van der Waals surface area contributed by atoms with E-state index >= 15 is 0 Å². The van der Waals surface area contributed by atoms with E-state index in [0.29, 0.717) is 5.82 Å². The molecule has 0 unspecified atom stereocenters. The molecule has 0 aliphatic rings. The van der Waals surface area contributed by atoms with Gasteiger partial charge >= 0.3 is 0 Å². The van der Waals surface area contributed by atoms with E-state index in [9.17, 15) is 0 Å². The minimum atomic E-state index is 0.700. The molecular formula is C9H7BrN4. The first-order chi connectivity index (χ1) is 6.88. The van der Waals surface area contributed by atoms with Gasteiger partial charge in [0.05, 0.1) is 28.0 Å². The molecule has 0 spiro atoms. The predicted molar refractivity (Wildman–Crippen MR) is 57.3 cm³/mol. The van der Waals surface area contributed by atoms with Gasteiger partial charge in [0, 0.05) is 6.07 Å². The van der Waals surface area contributed by atoms with Crippen LogP contribution in [0.5, 0.6) is 0 Å². The van der Waals surface area contributed by atoms with Crippen LogP contribution in [0.15, 0.2) is 42.6 Å². The zero-order valence-electron chi connectivity index (χ0n) is 7.21. The number of para-hydroxylation sites is 1. The summed E-state index contributed by atoms with van der Waals surface area (Å²) < 4.78 is 1.77. The lowest BCUT2D eigenvalue weighted by Crippen LogP contribution is -2.04. The van der Waals surface area contributed by atoms with Gasteiger partial charge in [-0.15, -0.1) is 10.2 Å². The SMILES string of the molecule is BrN(c1ccccc1)c1ccnnn1. The van der Waals surface area contributed by atoms with Crippen LogP contribution in [-0.2, 0) is 0 Å². The van der Waals surface area contributed by atoms with E-state index in [1.54, 1.807) is 16.2 Å². The van der Waals surface area contributed by atoms with Crippen molar-refractivity contribution in [2.45, 2.75) is 0 Å². The fourth-order valence-corrected chi connectivity index (χ4v) is 1.46. The third-order valence-electron chi connectivity index (χ3n) is 1.67. The first-order valence-corrected chi connectivity index (χ1v) is 4.74. The Labute approximate surface area is 89.9 Å². The minimum absolute atomic E-state index is 0.700. The van der Waals surface area contributed by atoms with Crippen LogP contribution in [0.2, 0.25) is 0 Å². The molecular weight excluding hydrogens is 244 g/mol. The van der Waals surface area contributed by atoms with Crippen LogP contribution < -0.4 is 3.93 Å². The van der Waals surface area contributed by atoms with Gasteiger partial charge in [0.1, 0.15) is 0 Å². The van der Waals surface area contributed by atoms with Crippen molar-refractivity contribution < 1.29 is 0 Å². The molecule has 14 heavy (non-hydrogen) atoms. The van der Waals surface area contributed by atoms with Crippen molar-refractivity contribution in [1.29, 1.82) is 0 Å². The number of benzene rings is 1. The van der Waals surface area contributed by atoms with Crippen molar-refractivity contribution in [3.05, 3.63) is 42.6 Å². The molecule has 2 rings (SSSR count). The van der Waals surface area contributed by atoms with Crippen molar-refractivity contribution >= 4 is 27.7 Å². The van der Waals surface area contributed by atoms with Crippen LogP contribution in [-0.4, -0.2) is 15.4 Å². The van der Waals surface area contributed by atoms with E-state index in [2.05, 4.69) is 31.6 Å². The zero-order valence-corrected chi connectivity index (χ0v) is 8.79. The van der Waals surface area contributed by atoms with Crippen molar-refractivity contribution in [2.75, 3.05) is 3.93 Å². The monoisotopic (exact) mass is 250 g/mol. The maximum Gasteiger partial charge on any atom is 0.169 e. The second-order valence-electron chi connectivity index (χ2n) is 2.60. The molecule has 0 aliphatic carbocycles. The Morgan fingerprint density at radius 2 is 1.86 bits per heavy atom. The van der Waals surface area contributed by atoms with E-state index in [1.165, 1.54) is 0 Å². The van der Waals surface area contributed by atoms with Gasteiger partial charge in [0.2, 0.25) is 0 Å². The molecule has 4 nitrogen and oxygen atoms in total. The standard InChI is InChI=1S/C9H7BrN4/c10-14(8-4-2-1-3-5-8)9-6-7-11-13-12-9/h1-7H. The number of halogens is 1. The highest BCUT2D eigenvalue weighted by molar-refractivity contribution is 9.10. The Hall–Kier alpha value is -1.49. The fraction of sp³-hybridized carbons (Fsp3) is 0. The topological polar surface area (TPSA) is 41.9 Å². The third kappa shape index (κ3) is 1.88. The Morgan fingerprint density at radius 1 is 1.07 bits per heavy atom. The van der Waals surface area contributed by atoms with Crippen LogP contribution >= 0.6 is 16.1 Å². The second kappa shape index (κ2) is 4.15. The molecule has 1 aromatic carbocycles. The summed E-state index contributed by atoms with van der Waals surface area (Å²) in [7, 11) is 0. The van der Waals surface area contributed by atoms with Gasteiger partial charge in [-0.1, -0.05) is 18.2 Å². The molecule has 1 heterocycles. The van der Waals surface area contributed by atoms with E-state index in [4.69, 9.17) is 0 Å². The Morgan fingerprint density at radius 3 is 2.50 bits per heavy atom. The summed E-state index contributed by atoms with van der Waals surface area (Å²) in [4.78, 5) is 0. The maximum atomic E-state index is 3.87. The molecule has 0 saturated heterocycles. The van der Waals surface area contributed by atoms with E-state index < -0.39 is 0 Å². The van der Waals surface area contributed by atoms with E-state index in [-0.39, 0.29) is 0 Å². The maximum absolute atomic E-state index is 3.87. The van der Waals surface area contributed by atoms with Crippen LogP contribution in [0.25, 0.3) is 0 Å². The van der Waals surface area contributed by atoms with Gasteiger partial charge in [-0.25, -0.2) is 0 Å². The van der Waals surface area contributed by atoms with E-state index in [1.807, 2.05) is 30.3 Å². The number of nitrogens with zero attached hydrogens (tertiary/aromatic N) is 4. The Kier molecular flexibility index (Phi) is 2.69. The first kappa shape index (κ1) is 9.08. The van der Waals surface area contributed by atoms with Gasteiger partial charge in [-0.2, -0.15) is 0 Å². The highest BCUT2D eigenvalue weighted by Gasteiger charge is 2.05. The highest BCUT2D eigenvalue weighted by atomic mass is 79.9. The highest BCUT2D eigenvalue weighted by Crippen LogP contribution is 2.25. The van der Waals surface area contributed by atoms with Gasteiger partial charge in [0.25, 0.3) is 0 Å². The average molecular weight is 251 g/mol. The Balaban J connectivity index is 2.30. The second-order valence-corrected chi connectivity index (χ2v) is 3.30. The van der Waals surface area contributed by atoms with Gasteiger partial charge in [-0.05, 0) is 17.3 Å². The summed E-state index contributed by atoms with van der Waals surface area (Å²) in [6, 6.07) is 11.6. The molecule has 2 aromatic rings. The Bertz CT molecular complexity index is 353. The summed E-state index contributed by atoms with van der Waals surface area (Å²) in [5, 5.41) is 11.0. The van der Waals surface area contributed by atoms with Crippen LogP contribution in [0, 0.1) is 0 Å². The third-order valence-corrected chi connectivity index (χ3v) is 2.45.